The van der Waals surface area contributed by atoms with Gasteiger partial charge in [-0.2, -0.15) is 0 Å². The number of aromatic nitrogens is 1. The topological polar surface area (TPSA) is 109 Å². The van der Waals surface area contributed by atoms with Crippen molar-refractivity contribution in [2.24, 2.45) is 0 Å². The quantitative estimate of drug-likeness (QED) is 0.841. The van der Waals surface area contributed by atoms with Crippen LogP contribution in [0.5, 0.6) is 0 Å². The van der Waals surface area contributed by atoms with Gasteiger partial charge in [0, 0.05) is 26.2 Å². The first-order valence-corrected chi connectivity index (χ1v) is 6.68. The molecule has 1 aromatic rings. The van der Waals surface area contributed by atoms with Gasteiger partial charge in [-0.15, -0.1) is 0 Å². The molecule has 0 unspecified atom stereocenters. The Morgan fingerprint density at radius 3 is 2.62 bits per heavy atom. The van der Waals surface area contributed by atoms with E-state index in [0.717, 1.165) is 0 Å². The molecule has 114 valence electrons. The van der Waals surface area contributed by atoms with Crippen LogP contribution in [0.3, 0.4) is 0 Å². The van der Waals surface area contributed by atoms with Crippen molar-refractivity contribution >= 4 is 23.6 Å². The van der Waals surface area contributed by atoms with Crippen molar-refractivity contribution in [3.05, 3.63) is 17.8 Å². The first kappa shape index (κ1) is 14.9. The molecule has 3 N–H and O–H groups in total. The summed E-state index contributed by atoms with van der Waals surface area (Å²) < 4.78 is 4.95. The molecule has 2 rings (SSSR count). The van der Waals surface area contributed by atoms with Gasteiger partial charge < -0.3 is 25.4 Å². The Labute approximate surface area is 122 Å². The minimum absolute atomic E-state index is 0.0350. The lowest BCUT2D eigenvalue weighted by atomic mass is 10.2. The smallest absolute Gasteiger partial charge is 0.409 e. The molecular formula is C13H18N4O4. The number of carboxylic acids is 1. The number of amides is 1. The van der Waals surface area contributed by atoms with Gasteiger partial charge in [0.25, 0.3) is 0 Å². The lowest BCUT2D eigenvalue weighted by molar-refractivity contribution is 0.0698. The molecule has 0 radical (unpaired) electrons. The number of carbonyl (C=O) groups excluding carboxylic acids is 1. The third kappa shape index (κ3) is 3.33. The van der Waals surface area contributed by atoms with Crippen LogP contribution < -0.4 is 10.6 Å². The Morgan fingerprint density at radius 1 is 1.38 bits per heavy atom. The SMILES string of the molecule is CCOC(=O)N1CCN(c2cc(C(=O)O)c(N)cn2)CC1. The van der Waals surface area contributed by atoms with E-state index in [0.29, 0.717) is 38.6 Å². The average molecular weight is 294 g/mol. The lowest BCUT2D eigenvalue weighted by Gasteiger charge is -2.34. The molecule has 1 aliphatic heterocycles. The van der Waals surface area contributed by atoms with Crippen LogP contribution in [-0.4, -0.2) is 59.8 Å². The van der Waals surface area contributed by atoms with Crippen LogP contribution in [0.4, 0.5) is 16.3 Å². The summed E-state index contributed by atoms with van der Waals surface area (Å²) >= 11 is 0. The molecule has 0 bridgehead atoms. The van der Waals surface area contributed by atoms with Crippen molar-refractivity contribution in [2.45, 2.75) is 6.92 Å². The Bertz CT molecular complexity index is 541. The number of carbonyl (C=O) groups is 2. The van der Waals surface area contributed by atoms with Crippen LogP contribution in [-0.2, 0) is 4.74 Å². The van der Waals surface area contributed by atoms with Crippen LogP contribution in [0.2, 0.25) is 0 Å². The Hall–Kier alpha value is -2.51. The fourth-order valence-corrected chi connectivity index (χ4v) is 2.15. The number of nitrogens with two attached hydrogens (primary N) is 1. The fraction of sp³-hybridized carbons (Fsp3) is 0.462. The maximum absolute atomic E-state index is 11.6. The van der Waals surface area contributed by atoms with E-state index in [-0.39, 0.29) is 17.3 Å². The Morgan fingerprint density at radius 2 is 2.05 bits per heavy atom. The highest BCUT2D eigenvalue weighted by Crippen LogP contribution is 2.19. The molecule has 0 saturated carbocycles. The van der Waals surface area contributed by atoms with Crippen molar-refractivity contribution in [3.63, 3.8) is 0 Å². The zero-order valence-corrected chi connectivity index (χ0v) is 11.8. The maximum Gasteiger partial charge on any atom is 0.409 e. The number of rotatable bonds is 3. The first-order chi connectivity index (χ1) is 10.0. The second kappa shape index (κ2) is 6.29. The van der Waals surface area contributed by atoms with Crippen molar-refractivity contribution in [3.8, 4) is 0 Å². The molecule has 1 amide bonds. The number of anilines is 2. The molecule has 1 aromatic heterocycles. The summed E-state index contributed by atoms with van der Waals surface area (Å²) in [6.07, 6.45) is 1.02. The monoisotopic (exact) mass is 294 g/mol. The lowest BCUT2D eigenvalue weighted by Crippen LogP contribution is -2.49. The molecule has 8 nitrogen and oxygen atoms in total. The fourth-order valence-electron chi connectivity index (χ4n) is 2.15. The molecular weight excluding hydrogens is 276 g/mol. The van der Waals surface area contributed by atoms with E-state index in [2.05, 4.69) is 4.98 Å². The van der Waals surface area contributed by atoms with E-state index in [4.69, 9.17) is 15.6 Å². The third-order valence-corrected chi connectivity index (χ3v) is 3.28. The van der Waals surface area contributed by atoms with Gasteiger partial charge in [0.1, 0.15) is 5.82 Å². The normalized spacial score (nSPS) is 14.9. The third-order valence-electron chi connectivity index (χ3n) is 3.28. The molecule has 0 spiro atoms. The van der Waals surface area contributed by atoms with Gasteiger partial charge >= 0.3 is 12.1 Å². The first-order valence-electron chi connectivity index (χ1n) is 6.68. The van der Waals surface area contributed by atoms with Crippen molar-refractivity contribution in [2.75, 3.05) is 43.4 Å². The number of pyridine rings is 1. The summed E-state index contributed by atoms with van der Waals surface area (Å²) in [6, 6.07) is 1.46. The van der Waals surface area contributed by atoms with Crippen LogP contribution in [0.1, 0.15) is 17.3 Å². The molecule has 0 aromatic carbocycles. The highest BCUT2D eigenvalue weighted by atomic mass is 16.6. The highest BCUT2D eigenvalue weighted by Gasteiger charge is 2.23. The van der Waals surface area contributed by atoms with E-state index in [1.807, 2.05) is 4.90 Å². The largest absolute Gasteiger partial charge is 0.478 e. The molecule has 1 saturated heterocycles. The van der Waals surface area contributed by atoms with Gasteiger partial charge in [0.15, 0.2) is 0 Å². The summed E-state index contributed by atoms with van der Waals surface area (Å²) in [5.41, 5.74) is 5.75. The Kier molecular flexibility index (Phi) is 4.46. The van der Waals surface area contributed by atoms with Gasteiger partial charge in [-0.3, -0.25) is 0 Å². The number of ether oxygens (including phenoxy) is 1. The van der Waals surface area contributed by atoms with Gasteiger partial charge in [0.2, 0.25) is 0 Å². The van der Waals surface area contributed by atoms with Gasteiger partial charge in [-0.05, 0) is 13.0 Å². The van der Waals surface area contributed by atoms with E-state index in [1.54, 1.807) is 11.8 Å². The second-order valence-electron chi connectivity index (χ2n) is 4.61. The summed E-state index contributed by atoms with van der Waals surface area (Å²) in [7, 11) is 0. The highest BCUT2D eigenvalue weighted by molar-refractivity contribution is 5.94. The summed E-state index contributed by atoms with van der Waals surface area (Å²) in [5, 5.41) is 9.07. The minimum Gasteiger partial charge on any atom is -0.478 e. The van der Waals surface area contributed by atoms with Gasteiger partial charge in [-0.25, -0.2) is 14.6 Å². The number of nitrogen functional groups attached to an aromatic ring is 1. The van der Waals surface area contributed by atoms with E-state index in [1.165, 1.54) is 12.3 Å². The summed E-state index contributed by atoms with van der Waals surface area (Å²) in [4.78, 5) is 30.4. The average Bonchev–Trinajstić information content (AvgIpc) is 2.48. The number of aromatic carboxylic acids is 1. The van der Waals surface area contributed by atoms with E-state index < -0.39 is 5.97 Å². The van der Waals surface area contributed by atoms with Gasteiger partial charge in [-0.1, -0.05) is 0 Å². The molecule has 1 fully saturated rings. The second-order valence-corrected chi connectivity index (χ2v) is 4.61. The predicted molar refractivity (Wildman–Crippen MR) is 76.4 cm³/mol. The molecule has 0 atom stereocenters. The van der Waals surface area contributed by atoms with Crippen LogP contribution in [0.15, 0.2) is 12.3 Å². The molecule has 21 heavy (non-hydrogen) atoms. The summed E-state index contributed by atoms with van der Waals surface area (Å²) in [6.45, 7) is 4.25. The van der Waals surface area contributed by atoms with Crippen molar-refractivity contribution in [1.82, 2.24) is 9.88 Å². The summed E-state index contributed by atoms with van der Waals surface area (Å²) in [5.74, 6) is -0.536. The molecule has 2 heterocycles. The van der Waals surface area contributed by atoms with Gasteiger partial charge in [0.05, 0.1) is 24.1 Å². The van der Waals surface area contributed by atoms with E-state index >= 15 is 0 Å². The predicted octanol–water partition coefficient (Wildman–Crippen LogP) is 0.640. The van der Waals surface area contributed by atoms with Crippen LogP contribution >= 0.6 is 0 Å². The minimum atomic E-state index is -1.08. The Balaban J connectivity index is 2.04. The number of hydrogen-bond acceptors (Lipinski definition) is 6. The van der Waals surface area contributed by atoms with E-state index in [9.17, 15) is 9.59 Å². The number of hydrogen-bond donors (Lipinski definition) is 2. The number of nitrogens with zero attached hydrogens (tertiary/aromatic N) is 3. The number of carboxylic acid groups (broad SMARTS) is 1. The molecule has 0 aliphatic carbocycles. The maximum atomic E-state index is 11.6. The zero-order chi connectivity index (χ0) is 15.4. The molecule has 8 heteroatoms. The molecule has 1 aliphatic rings. The van der Waals surface area contributed by atoms with Crippen LogP contribution in [0.25, 0.3) is 0 Å². The standard InChI is InChI=1S/C13H18N4O4/c1-2-21-13(20)17-5-3-16(4-6-17)11-7-9(12(18)19)10(14)8-15-11/h7-8H,2-6,14H2,1H3,(H,18,19). The van der Waals surface area contributed by atoms with Crippen molar-refractivity contribution < 1.29 is 19.4 Å². The van der Waals surface area contributed by atoms with Crippen LogP contribution in [0, 0.1) is 0 Å². The van der Waals surface area contributed by atoms with Crippen molar-refractivity contribution in [1.29, 1.82) is 0 Å². The number of piperazine rings is 1. The zero-order valence-electron chi connectivity index (χ0n) is 11.8.